The third kappa shape index (κ3) is 2.54. The van der Waals surface area contributed by atoms with Crippen LogP contribution in [0.1, 0.15) is 18.2 Å². The van der Waals surface area contributed by atoms with Crippen LogP contribution in [0.25, 0.3) is 16.7 Å². The molecular weight excluding hydrogens is 318 g/mol. The summed E-state index contributed by atoms with van der Waals surface area (Å²) in [7, 11) is 0. The highest BCUT2D eigenvalue weighted by atomic mass is 19.3. The van der Waals surface area contributed by atoms with Crippen molar-refractivity contribution >= 4 is 5.57 Å². The van der Waals surface area contributed by atoms with Gasteiger partial charge >= 0.3 is 11.8 Å². The molecule has 1 aliphatic rings. The Bertz CT molecular complexity index is 815. The second-order valence-corrected chi connectivity index (χ2v) is 5.88. The predicted molar refractivity (Wildman–Crippen MR) is 86.0 cm³/mol. The molecule has 0 spiro atoms. The van der Waals surface area contributed by atoms with Crippen molar-refractivity contribution in [1.82, 2.24) is 4.98 Å². The van der Waals surface area contributed by atoms with Crippen molar-refractivity contribution in [2.75, 3.05) is 0 Å². The maximum absolute atomic E-state index is 14.2. The smallest absolute Gasteiger partial charge is 0.256 e. The highest BCUT2D eigenvalue weighted by molar-refractivity contribution is 5.75. The van der Waals surface area contributed by atoms with Gasteiger partial charge in [-0.1, -0.05) is 48.0 Å². The molecule has 5 heteroatoms. The third-order valence-corrected chi connectivity index (χ3v) is 4.15. The molecule has 1 aromatic heterocycles. The molecule has 0 atom stereocenters. The van der Waals surface area contributed by atoms with Crippen LogP contribution >= 0.6 is 0 Å². The van der Waals surface area contributed by atoms with Gasteiger partial charge in [-0.25, -0.2) is 0 Å². The minimum Gasteiger partial charge on any atom is -0.256 e. The fourth-order valence-corrected chi connectivity index (χ4v) is 2.55. The highest BCUT2D eigenvalue weighted by Gasteiger charge is 2.61. The molecule has 0 radical (unpaired) electrons. The van der Waals surface area contributed by atoms with Gasteiger partial charge in [0.2, 0.25) is 0 Å². The molecule has 1 nitrogen and oxygen atoms in total. The first kappa shape index (κ1) is 16.4. The molecule has 0 unspecified atom stereocenters. The van der Waals surface area contributed by atoms with Gasteiger partial charge in [-0.3, -0.25) is 4.98 Å². The number of halogens is 4. The molecule has 1 heterocycles. The van der Waals surface area contributed by atoms with Crippen molar-refractivity contribution in [2.24, 2.45) is 0 Å². The minimum atomic E-state index is -4.29. The van der Waals surface area contributed by atoms with Crippen molar-refractivity contribution < 1.29 is 17.6 Å². The zero-order valence-corrected chi connectivity index (χ0v) is 13.2. The summed E-state index contributed by atoms with van der Waals surface area (Å²) >= 11 is 0. The first-order valence-corrected chi connectivity index (χ1v) is 7.42. The number of rotatable bonds is 2. The number of allylic oxidation sites excluding steroid dienone is 4. The number of hydrogen-bond acceptors (Lipinski definition) is 1. The van der Waals surface area contributed by atoms with Crippen LogP contribution in [0, 0.1) is 6.92 Å². The van der Waals surface area contributed by atoms with Gasteiger partial charge in [0.1, 0.15) is 0 Å². The lowest BCUT2D eigenvalue weighted by molar-refractivity contribution is -0.148. The van der Waals surface area contributed by atoms with Gasteiger partial charge in [0.25, 0.3) is 0 Å². The first-order chi connectivity index (χ1) is 11.2. The molecule has 0 saturated carbocycles. The molecule has 1 aromatic carbocycles. The molecule has 124 valence electrons. The van der Waals surface area contributed by atoms with Gasteiger partial charge in [0, 0.05) is 17.3 Å². The molecule has 24 heavy (non-hydrogen) atoms. The summed E-state index contributed by atoms with van der Waals surface area (Å²) in [5.74, 6) is -8.50. The number of aryl methyl sites for hydroxylation is 1. The lowest BCUT2D eigenvalue weighted by atomic mass is 9.89. The lowest BCUT2D eigenvalue weighted by Crippen LogP contribution is -2.44. The molecule has 0 saturated heterocycles. The van der Waals surface area contributed by atoms with Crippen LogP contribution in [0.2, 0.25) is 0 Å². The van der Waals surface area contributed by atoms with Crippen LogP contribution in [-0.2, 0) is 0 Å². The number of pyridine rings is 1. The van der Waals surface area contributed by atoms with Crippen molar-refractivity contribution in [3.8, 4) is 11.1 Å². The summed E-state index contributed by atoms with van der Waals surface area (Å²) < 4.78 is 55.9. The van der Waals surface area contributed by atoms with Crippen LogP contribution in [0.4, 0.5) is 17.6 Å². The monoisotopic (exact) mass is 333 g/mol. The Labute approximate surface area is 137 Å². The van der Waals surface area contributed by atoms with Gasteiger partial charge in [-0.15, -0.1) is 0 Å². The summed E-state index contributed by atoms with van der Waals surface area (Å²) in [4.78, 5) is 3.98. The van der Waals surface area contributed by atoms with Crippen LogP contribution in [0.15, 0.2) is 60.3 Å². The van der Waals surface area contributed by atoms with Gasteiger partial charge < -0.3 is 0 Å². The second kappa shape index (κ2) is 5.58. The Morgan fingerprint density at radius 1 is 0.750 bits per heavy atom. The fourth-order valence-electron chi connectivity index (χ4n) is 2.55. The maximum Gasteiger partial charge on any atom is 0.341 e. The first-order valence-electron chi connectivity index (χ1n) is 7.42. The zero-order valence-electron chi connectivity index (χ0n) is 13.2. The molecule has 3 rings (SSSR count). The maximum atomic E-state index is 14.2. The number of benzene rings is 1. The van der Waals surface area contributed by atoms with Crippen LogP contribution in [0.5, 0.6) is 0 Å². The van der Waals surface area contributed by atoms with Crippen LogP contribution in [0.3, 0.4) is 0 Å². The lowest BCUT2D eigenvalue weighted by Gasteiger charge is -2.31. The third-order valence-electron chi connectivity index (χ3n) is 4.15. The van der Waals surface area contributed by atoms with E-state index in [1.165, 1.54) is 12.3 Å². The van der Waals surface area contributed by atoms with Gasteiger partial charge in [-0.05, 0) is 25.5 Å². The van der Waals surface area contributed by atoms with E-state index in [-0.39, 0.29) is 5.69 Å². The topological polar surface area (TPSA) is 12.9 Å². The Balaban J connectivity index is 1.98. The van der Waals surface area contributed by atoms with E-state index in [9.17, 15) is 17.6 Å². The van der Waals surface area contributed by atoms with E-state index >= 15 is 0 Å². The van der Waals surface area contributed by atoms with Gasteiger partial charge in [-0.2, -0.15) is 17.6 Å². The largest absolute Gasteiger partial charge is 0.341 e. The standard InChI is InChI=1S/C19H15F4N/c1-12-3-6-14(7-4-12)15-8-10-17(24-11-15)16-9-5-13(2)18(20,21)19(16,22)23/h3-11H,1-2H3. The van der Waals surface area contributed by atoms with E-state index in [1.807, 2.05) is 31.2 Å². The number of aromatic nitrogens is 1. The molecule has 0 N–H and O–H groups in total. The Morgan fingerprint density at radius 3 is 1.96 bits per heavy atom. The summed E-state index contributed by atoms with van der Waals surface area (Å²) in [6.07, 6.45) is 3.45. The molecule has 0 amide bonds. The van der Waals surface area contributed by atoms with Crippen LogP contribution in [-0.4, -0.2) is 16.8 Å². The summed E-state index contributed by atoms with van der Waals surface area (Å²) in [6, 6.07) is 10.6. The summed E-state index contributed by atoms with van der Waals surface area (Å²) in [6.45, 7) is 2.95. The van der Waals surface area contributed by atoms with Crippen molar-refractivity contribution in [3.63, 3.8) is 0 Å². The molecule has 1 aliphatic carbocycles. The van der Waals surface area contributed by atoms with E-state index in [0.29, 0.717) is 0 Å². The van der Waals surface area contributed by atoms with E-state index < -0.39 is 23.0 Å². The fraction of sp³-hybridized carbons (Fsp3) is 0.211. The van der Waals surface area contributed by atoms with E-state index in [4.69, 9.17) is 0 Å². The molecule has 0 aliphatic heterocycles. The van der Waals surface area contributed by atoms with Crippen LogP contribution < -0.4 is 0 Å². The van der Waals surface area contributed by atoms with Gasteiger partial charge in [0.05, 0.1) is 11.3 Å². The van der Waals surface area contributed by atoms with Crippen molar-refractivity contribution in [3.05, 3.63) is 71.6 Å². The Hall–Kier alpha value is -2.43. The molecule has 2 aromatic rings. The SMILES string of the molecule is CC1=CC=C(c2ccc(-c3ccc(C)cc3)cn2)C(F)(F)C1(F)F. The van der Waals surface area contributed by atoms with Crippen molar-refractivity contribution in [1.29, 1.82) is 0 Å². The quantitative estimate of drug-likeness (QED) is 0.645. The predicted octanol–water partition coefficient (Wildman–Crippen LogP) is 5.67. The average Bonchev–Trinajstić information content (AvgIpc) is 2.54. The van der Waals surface area contributed by atoms with Gasteiger partial charge in [0.15, 0.2) is 0 Å². The zero-order chi connectivity index (χ0) is 17.5. The highest BCUT2D eigenvalue weighted by Crippen LogP contribution is 2.50. The second-order valence-electron chi connectivity index (χ2n) is 5.88. The minimum absolute atomic E-state index is 0.153. The summed E-state index contributed by atoms with van der Waals surface area (Å²) in [5, 5.41) is 0. The van der Waals surface area contributed by atoms with Crippen molar-refractivity contribution in [2.45, 2.75) is 25.7 Å². The number of alkyl halides is 4. The van der Waals surface area contributed by atoms with E-state index in [0.717, 1.165) is 35.8 Å². The number of nitrogens with zero attached hydrogens (tertiary/aromatic N) is 1. The normalized spacial score (nSPS) is 18.8. The number of hydrogen-bond donors (Lipinski definition) is 0. The Morgan fingerprint density at radius 2 is 1.38 bits per heavy atom. The van der Waals surface area contributed by atoms with E-state index in [1.54, 1.807) is 6.07 Å². The molecule has 0 bridgehead atoms. The Kier molecular flexibility index (Phi) is 3.82. The molecule has 0 fully saturated rings. The average molecular weight is 333 g/mol. The van der Waals surface area contributed by atoms with E-state index in [2.05, 4.69) is 4.98 Å². The molecular formula is C19H15F4N. The summed E-state index contributed by atoms with van der Waals surface area (Å²) in [5.41, 5.74) is 1.13.